The Bertz CT molecular complexity index is 199. The lowest BCUT2D eigenvalue weighted by atomic mass is 10.0. The highest BCUT2D eigenvalue weighted by Gasteiger charge is 2.12. The average Bonchev–Trinajstić information content (AvgIpc) is 2.12. The molecule has 16 heavy (non-hydrogen) atoms. The SMILES string of the molecule is CC(C)CC(=O)O.CCCC(CC)C(=O)O. The molecule has 1 atom stereocenters. The van der Waals surface area contributed by atoms with Gasteiger partial charge in [0.2, 0.25) is 0 Å². The molecule has 0 heterocycles. The van der Waals surface area contributed by atoms with Crippen LogP contribution in [0, 0.1) is 11.8 Å². The van der Waals surface area contributed by atoms with Crippen molar-refractivity contribution in [2.75, 3.05) is 0 Å². The average molecular weight is 232 g/mol. The van der Waals surface area contributed by atoms with Crippen LogP contribution in [0.15, 0.2) is 0 Å². The van der Waals surface area contributed by atoms with Gasteiger partial charge in [-0.05, 0) is 18.8 Å². The zero-order valence-electron chi connectivity index (χ0n) is 10.7. The first kappa shape index (κ1) is 17.3. The molecule has 1 unspecified atom stereocenters. The van der Waals surface area contributed by atoms with Crippen LogP contribution in [0.4, 0.5) is 0 Å². The van der Waals surface area contributed by atoms with Gasteiger partial charge in [0.25, 0.3) is 0 Å². The van der Waals surface area contributed by atoms with Crippen LogP contribution in [0.1, 0.15) is 53.4 Å². The highest BCUT2D eigenvalue weighted by atomic mass is 16.4. The number of hydrogen-bond acceptors (Lipinski definition) is 2. The molecule has 4 nitrogen and oxygen atoms in total. The van der Waals surface area contributed by atoms with Crippen molar-refractivity contribution in [3.05, 3.63) is 0 Å². The zero-order chi connectivity index (χ0) is 13.1. The molecule has 0 aromatic carbocycles. The Morgan fingerprint density at radius 3 is 1.69 bits per heavy atom. The van der Waals surface area contributed by atoms with Gasteiger partial charge in [-0.2, -0.15) is 0 Å². The largest absolute Gasteiger partial charge is 0.481 e. The third-order valence-electron chi connectivity index (χ3n) is 2.06. The molecule has 96 valence electrons. The molecule has 0 bridgehead atoms. The molecule has 0 saturated heterocycles. The molecule has 2 N–H and O–H groups in total. The number of carboxylic acids is 2. The van der Waals surface area contributed by atoms with Crippen molar-refractivity contribution in [2.24, 2.45) is 11.8 Å². The van der Waals surface area contributed by atoms with Gasteiger partial charge in [0, 0.05) is 6.42 Å². The maximum Gasteiger partial charge on any atom is 0.306 e. The van der Waals surface area contributed by atoms with E-state index >= 15 is 0 Å². The summed E-state index contributed by atoms with van der Waals surface area (Å²) in [5.74, 6) is -1.21. The standard InChI is InChI=1S/C7H14O2.C5H10O2/c1-3-5-6(4-2)7(8)9;1-4(2)3-5(6)7/h6H,3-5H2,1-2H3,(H,8,9);4H,3H2,1-2H3,(H,6,7). The lowest BCUT2D eigenvalue weighted by Crippen LogP contribution is -2.11. The summed E-state index contributed by atoms with van der Waals surface area (Å²) in [7, 11) is 0. The van der Waals surface area contributed by atoms with Crippen LogP contribution in [0.3, 0.4) is 0 Å². The summed E-state index contributed by atoms with van der Waals surface area (Å²) in [5.41, 5.74) is 0. The van der Waals surface area contributed by atoms with E-state index in [2.05, 4.69) is 0 Å². The minimum absolute atomic E-state index is 0.116. The van der Waals surface area contributed by atoms with Crippen LogP contribution in [-0.4, -0.2) is 22.2 Å². The van der Waals surface area contributed by atoms with E-state index in [0.717, 1.165) is 19.3 Å². The third-order valence-corrected chi connectivity index (χ3v) is 2.06. The van der Waals surface area contributed by atoms with Crippen molar-refractivity contribution in [1.29, 1.82) is 0 Å². The number of carbonyl (C=O) groups is 2. The number of rotatable bonds is 6. The van der Waals surface area contributed by atoms with E-state index in [1.165, 1.54) is 0 Å². The molecular formula is C12H24O4. The first-order valence-electron chi connectivity index (χ1n) is 5.79. The highest BCUT2D eigenvalue weighted by Crippen LogP contribution is 2.09. The summed E-state index contributed by atoms with van der Waals surface area (Å²) in [5, 5.41) is 16.6. The minimum atomic E-state index is -0.713. The Hall–Kier alpha value is -1.06. The second-order valence-electron chi connectivity index (χ2n) is 4.22. The second kappa shape index (κ2) is 10.5. The van der Waals surface area contributed by atoms with Gasteiger partial charge in [-0.1, -0.05) is 34.1 Å². The second-order valence-corrected chi connectivity index (χ2v) is 4.22. The molecule has 4 heteroatoms. The van der Waals surface area contributed by atoms with Crippen molar-refractivity contribution < 1.29 is 19.8 Å². The maximum absolute atomic E-state index is 10.3. The van der Waals surface area contributed by atoms with Gasteiger partial charge in [0.15, 0.2) is 0 Å². The Morgan fingerprint density at radius 2 is 1.62 bits per heavy atom. The van der Waals surface area contributed by atoms with Crippen molar-refractivity contribution in [3.63, 3.8) is 0 Å². The molecule has 0 aliphatic heterocycles. The van der Waals surface area contributed by atoms with Crippen LogP contribution >= 0.6 is 0 Å². The predicted octanol–water partition coefficient (Wildman–Crippen LogP) is 3.01. The van der Waals surface area contributed by atoms with Gasteiger partial charge >= 0.3 is 11.9 Å². The summed E-state index contributed by atoms with van der Waals surface area (Å²) in [6, 6.07) is 0. The summed E-state index contributed by atoms with van der Waals surface area (Å²) in [6.45, 7) is 7.68. The maximum atomic E-state index is 10.3. The molecule has 0 rings (SSSR count). The summed E-state index contributed by atoms with van der Waals surface area (Å²) in [4.78, 5) is 20.1. The molecule has 0 aromatic rings. The molecular weight excluding hydrogens is 208 g/mol. The fraction of sp³-hybridized carbons (Fsp3) is 0.833. The smallest absolute Gasteiger partial charge is 0.306 e. The van der Waals surface area contributed by atoms with Gasteiger partial charge in [0.1, 0.15) is 0 Å². The van der Waals surface area contributed by atoms with Gasteiger partial charge in [-0.25, -0.2) is 0 Å². The molecule has 0 radical (unpaired) electrons. The van der Waals surface area contributed by atoms with Crippen LogP contribution in [-0.2, 0) is 9.59 Å². The topological polar surface area (TPSA) is 74.6 Å². The minimum Gasteiger partial charge on any atom is -0.481 e. The van der Waals surface area contributed by atoms with Crippen molar-refractivity contribution in [2.45, 2.75) is 53.4 Å². The normalized spacial score (nSPS) is 11.6. The van der Waals surface area contributed by atoms with Crippen LogP contribution in [0.5, 0.6) is 0 Å². The third kappa shape index (κ3) is 12.9. The number of carboxylic acid groups (broad SMARTS) is 2. The molecule has 0 aliphatic carbocycles. The molecule has 0 aliphatic rings. The monoisotopic (exact) mass is 232 g/mol. The summed E-state index contributed by atoms with van der Waals surface area (Å²) >= 11 is 0. The lowest BCUT2D eigenvalue weighted by molar-refractivity contribution is -0.142. The van der Waals surface area contributed by atoms with Crippen LogP contribution < -0.4 is 0 Å². The zero-order valence-corrected chi connectivity index (χ0v) is 10.7. The van der Waals surface area contributed by atoms with E-state index < -0.39 is 11.9 Å². The van der Waals surface area contributed by atoms with Crippen molar-refractivity contribution >= 4 is 11.9 Å². The molecule has 0 fully saturated rings. The predicted molar refractivity (Wildman–Crippen MR) is 63.4 cm³/mol. The number of hydrogen-bond donors (Lipinski definition) is 2. The molecule has 0 spiro atoms. The Kier molecular flexibility index (Phi) is 11.3. The first-order valence-corrected chi connectivity index (χ1v) is 5.79. The fourth-order valence-electron chi connectivity index (χ4n) is 1.20. The Labute approximate surface area is 97.7 Å². The Balaban J connectivity index is 0. The lowest BCUT2D eigenvalue weighted by Gasteiger charge is -2.05. The van der Waals surface area contributed by atoms with Crippen LogP contribution in [0.25, 0.3) is 0 Å². The molecule has 0 aromatic heterocycles. The number of aliphatic carboxylic acids is 2. The van der Waals surface area contributed by atoms with Crippen molar-refractivity contribution in [1.82, 2.24) is 0 Å². The van der Waals surface area contributed by atoms with E-state index in [9.17, 15) is 9.59 Å². The van der Waals surface area contributed by atoms with E-state index in [1.54, 1.807) is 0 Å². The van der Waals surface area contributed by atoms with E-state index in [-0.39, 0.29) is 18.3 Å². The summed E-state index contributed by atoms with van der Waals surface area (Å²) in [6.07, 6.45) is 2.81. The Morgan fingerprint density at radius 1 is 1.12 bits per heavy atom. The van der Waals surface area contributed by atoms with Crippen LogP contribution in [0.2, 0.25) is 0 Å². The molecule has 0 saturated carbocycles. The quantitative estimate of drug-likeness (QED) is 0.738. The highest BCUT2D eigenvalue weighted by molar-refractivity contribution is 5.69. The van der Waals surface area contributed by atoms with Gasteiger partial charge in [0.05, 0.1) is 5.92 Å². The van der Waals surface area contributed by atoms with Gasteiger partial charge in [-0.3, -0.25) is 9.59 Å². The van der Waals surface area contributed by atoms with Gasteiger partial charge in [-0.15, -0.1) is 0 Å². The summed E-state index contributed by atoms with van der Waals surface area (Å²) < 4.78 is 0. The first-order chi connectivity index (χ1) is 7.34. The van der Waals surface area contributed by atoms with E-state index in [4.69, 9.17) is 10.2 Å². The molecule has 0 amide bonds. The van der Waals surface area contributed by atoms with Gasteiger partial charge < -0.3 is 10.2 Å². The van der Waals surface area contributed by atoms with E-state index in [1.807, 2.05) is 27.7 Å². The fourth-order valence-corrected chi connectivity index (χ4v) is 1.20. The van der Waals surface area contributed by atoms with Crippen molar-refractivity contribution in [3.8, 4) is 0 Å². The van der Waals surface area contributed by atoms with E-state index in [0.29, 0.717) is 0 Å².